The van der Waals surface area contributed by atoms with Gasteiger partial charge in [0.25, 0.3) is 0 Å². The molecule has 0 aliphatic heterocycles. The number of aromatic hydroxyl groups is 3. The Morgan fingerprint density at radius 3 is 2.00 bits per heavy atom. The largest absolute Gasteiger partial charge is 0.512 e. The van der Waals surface area contributed by atoms with Crippen LogP contribution in [0.5, 0.6) is 17.2 Å². The second-order valence-corrected chi connectivity index (χ2v) is 6.11. The molecule has 4 heteroatoms. The van der Waals surface area contributed by atoms with Crippen LogP contribution in [0.1, 0.15) is 29.5 Å². The maximum Gasteiger partial charge on any atom is 0.122 e. The van der Waals surface area contributed by atoms with E-state index in [4.69, 9.17) is 0 Å². The molecule has 0 atom stereocenters. The van der Waals surface area contributed by atoms with Gasteiger partial charge in [0.05, 0.1) is 5.76 Å². The Labute approximate surface area is 140 Å². The first kappa shape index (κ1) is 16.0. The zero-order valence-electron chi connectivity index (χ0n) is 13.2. The van der Waals surface area contributed by atoms with Crippen LogP contribution in [0.3, 0.4) is 0 Å². The van der Waals surface area contributed by atoms with Crippen molar-refractivity contribution in [2.75, 3.05) is 0 Å². The van der Waals surface area contributed by atoms with Crippen LogP contribution in [0.15, 0.2) is 59.9 Å². The highest BCUT2D eigenvalue weighted by atomic mass is 16.3. The summed E-state index contributed by atoms with van der Waals surface area (Å²) in [7, 11) is 0. The van der Waals surface area contributed by atoms with Crippen molar-refractivity contribution < 1.29 is 20.4 Å². The molecule has 0 amide bonds. The molecule has 0 unspecified atom stereocenters. The first-order chi connectivity index (χ1) is 11.5. The summed E-state index contributed by atoms with van der Waals surface area (Å²) in [6, 6.07) is 10.0. The van der Waals surface area contributed by atoms with Crippen LogP contribution in [0, 0.1) is 0 Å². The van der Waals surface area contributed by atoms with Crippen molar-refractivity contribution in [3.63, 3.8) is 0 Å². The van der Waals surface area contributed by atoms with Crippen molar-refractivity contribution in [3.8, 4) is 17.2 Å². The van der Waals surface area contributed by atoms with Gasteiger partial charge in [0, 0.05) is 18.9 Å². The molecule has 1 aliphatic rings. The zero-order chi connectivity index (χ0) is 17.1. The third kappa shape index (κ3) is 3.71. The van der Waals surface area contributed by atoms with Crippen LogP contribution in [-0.2, 0) is 12.8 Å². The van der Waals surface area contributed by atoms with Crippen LogP contribution >= 0.6 is 0 Å². The molecule has 24 heavy (non-hydrogen) atoms. The molecule has 0 heterocycles. The van der Waals surface area contributed by atoms with E-state index in [1.54, 1.807) is 30.3 Å². The normalized spacial score (nSPS) is 14.2. The maximum absolute atomic E-state index is 10.1. The fourth-order valence-corrected chi connectivity index (χ4v) is 2.85. The second-order valence-electron chi connectivity index (χ2n) is 6.11. The Bertz CT molecular complexity index is 801. The van der Waals surface area contributed by atoms with Crippen molar-refractivity contribution in [2.45, 2.75) is 25.7 Å². The first-order valence-corrected chi connectivity index (χ1v) is 7.90. The summed E-state index contributed by atoms with van der Waals surface area (Å²) in [6.45, 7) is 0. The van der Waals surface area contributed by atoms with Crippen LogP contribution in [0.2, 0.25) is 0 Å². The van der Waals surface area contributed by atoms with Gasteiger partial charge < -0.3 is 20.4 Å². The summed E-state index contributed by atoms with van der Waals surface area (Å²) in [4.78, 5) is 0. The van der Waals surface area contributed by atoms with Gasteiger partial charge in [0.1, 0.15) is 17.2 Å². The van der Waals surface area contributed by atoms with E-state index in [1.165, 1.54) is 6.07 Å². The highest BCUT2D eigenvalue weighted by molar-refractivity contribution is 5.48. The average Bonchev–Trinajstić information content (AvgIpc) is 2.56. The second kappa shape index (κ2) is 6.71. The molecule has 0 saturated heterocycles. The molecular formula is C20H20O4. The average molecular weight is 324 g/mol. The Balaban J connectivity index is 1.84. The summed E-state index contributed by atoms with van der Waals surface area (Å²) >= 11 is 0. The maximum atomic E-state index is 10.1. The zero-order valence-corrected chi connectivity index (χ0v) is 13.2. The first-order valence-electron chi connectivity index (χ1n) is 7.90. The van der Waals surface area contributed by atoms with Gasteiger partial charge in [-0.05, 0) is 53.8 Å². The smallest absolute Gasteiger partial charge is 0.122 e. The lowest BCUT2D eigenvalue weighted by Crippen LogP contribution is -1.99. The Morgan fingerprint density at radius 1 is 0.708 bits per heavy atom. The molecule has 0 spiro atoms. The van der Waals surface area contributed by atoms with Crippen molar-refractivity contribution in [3.05, 3.63) is 76.6 Å². The van der Waals surface area contributed by atoms with Crippen molar-refractivity contribution in [1.29, 1.82) is 0 Å². The number of hydrogen-bond donors (Lipinski definition) is 4. The van der Waals surface area contributed by atoms with Gasteiger partial charge in [-0.2, -0.15) is 0 Å². The van der Waals surface area contributed by atoms with E-state index in [0.29, 0.717) is 25.0 Å². The number of aliphatic hydroxyl groups is 1. The molecule has 4 N–H and O–H groups in total. The number of benzene rings is 2. The fraction of sp³-hybridized carbons (Fsp3) is 0.200. The van der Waals surface area contributed by atoms with E-state index in [0.717, 1.165) is 28.7 Å². The summed E-state index contributed by atoms with van der Waals surface area (Å²) < 4.78 is 0. The summed E-state index contributed by atoms with van der Waals surface area (Å²) in [5, 5.41) is 39.0. The van der Waals surface area contributed by atoms with E-state index < -0.39 is 0 Å². The number of allylic oxidation sites excluding steroid dienone is 4. The van der Waals surface area contributed by atoms with Crippen LogP contribution < -0.4 is 0 Å². The number of aliphatic hydroxyl groups excluding tert-OH is 1. The summed E-state index contributed by atoms with van der Waals surface area (Å²) in [6.07, 6.45) is 6.04. The number of phenols is 3. The van der Waals surface area contributed by atoms with E-state index in [2.05, 4.69) is 0 Å². The van der Waals surface area contributed by atoms with Gasteiger partial charge in [0.15, 0.2) is 0 Å². The van der Waals surface area contributed by atoms with Gasteiger partial charge in [-0.25, -0.2) is 0 Å². The molecule has 0 saturated carbocycles. The third-order valence-corrected chi connectivity index (χ3v) is 4.24. The minimum absolute atomic E-state index is 0.0551. The molecule has 4 nitrogen and oxygen atoms in total. The molecule has 0 fully saturated rings. The minimum atomic E-state index is 0.0551. The lowest BCUT2D eigenvalue weighted by molar-refractivity contribution is 0.385. The monoisotopic (exact) mass is 324 g/mol. The van der Waals surface area contributed by atoms with E-state index >= 15 is 0 Å². The minimum Gasteiger partial charge on any atom is -0.512 e. The van der Waals surface area contributed by atoms with Crippen molar-refractivity contribution in [1.82, 2.24) is 0 Å². The molecular weight excluding hydrogens is 304 g/mol. The van der Waals surface area contributed by atoms with Gasteiger partial charge in [-0.3, -0.25) is 0 Å². The lowest BCUT2D eigenvalue weighted by atomic mass is 9.94. The van der Waals surface area contributed by atoms with E-state index in [1.807, 2.05) is 12.1 Å². The number of hydrogen-bond acceptors (Lipinski definition) is 4. The number of phenolic OH excluding ortho intramolecular Hbond substituents is 3. The Morgan fingerprint density at radius 2 is 1.38 bits per heavy atom. The molecule has 2 aromatic rings. The van der Waals surface area contributed by atoms with Gasteiger partial charge in [0.2, 0.25) is 0 Å². The van der Waals surface area contributed by atoms with Crippen LogP contribution in [0.4, 0.5) is 0 Å². The quantitative estimate of drug-likeness (QED) is 0.682. The standard InChI is InChI=1S/C20H20O4/c21-17-5-1-13(2-6-17)9-15-11-16(20(24)12-19(15)23)10-14-3-7-18(22)8-4-14/h1-3,5-7,11-12,21-24H,4,8-10H2. The Hall–Kier alpha value is -2.88. The summed E-state index contributed by atoms with van der Waals surface area (Å²) in [5.74, 6) is 0.706. The fourth-order valence-electron chi connectivity index (χ4n) is 2.85. The predicted molar refractivity (Wildman–Crippen MR) is 92.4 cm³/mol. The molecule has 0 bridgehead atoms. The van der Waals surface area contributed by atoms with E-state index in [-0.39, 0.29) is 17.2 Å². The van der Waals surface area contributed by atoms with Gasteiger partial charge >= 0.3 is 0 Å². The molecule has 124 valence electrons. The SMILES string of the molecule is OC1=CC=C(Cc2cc(Cc3ccc(O)cc3)c(O)cc2O)CC1. The Kier molecular flexibility index (Phi) is 4.47. The van der Waals surface area contributed by atoms with Crippen LogP contribution in [-0.4, -0.2) is 20.4 Å². The van der Waals surface area contributed by atoms with E-state index in [9.17, 15) is 20.4 Å². The number of rotatable bonds is 4. The highest BCUT2D eigenvalue weighted by Crippen LogP contribution is 2.32. The van der Waals surface area contributed by atoms with Gasteiger partial charge in [-0.1, -0.05) is 23.8 Å². The molecule has 3 rings (SSSR count). The predicted octanol–water partition coefficient (Wildman–Crippen LogP) is 4.10. The lowest BCUT2D eigenvalue weighted by Gasteiger charge is -2.14. The molecule has 1 aliphatic carbocycles. The molecule has 0 aromatic heterocycles. The van der Waals surface area contributed by atoms with Crippen molar-refractivity contribution >= 4 is 0 Å². The van der Waals surface area contributed by atoms with Crippen molar-refractivity contribution in [2.24, 2.45) is 0 Å². The molecule has 2 aromatic carbocycles. The molecule has 0 radical (unpaired) electrons. The van der Waals surface area contributed by atoms with Gasteiger partial charge in [-0.15, -0.1) is 0 Å². The topological polar surface area (TPSA) is 80.9 Å². The summed E-state index contributed by atoms with van der Waals surface area (Å²) in [5.41, 5.74) is 3.57. The third-order valence-electron chi connectivity index (χ3n) is 4.24. The highest BCUT2D eigenvalue weighted by Gasteiger charge is 2.13. The van der Waals surface area contributed by atoms with Crippen LogP contribution in [0.25, 0.3) is 0 Å².